The van der Waals surface area contributed by atoms with E-state index in [-0.39, 0.29) is 0 Å². The van der Waals surface area contributed by atoms with Crippen molar-refractivity contribution in [2.45, 2.75) is 6.42 Å². The van der Waals surface area contributed by atoms with Gasteiger partial charge in [-0.3, -0.25) is 4.99 Å². The van der Waals surface area contributed by atoms with Crippen LogP contribution in [0.15, 0.2) is 78.3 Å². The number of carbonyl (C=O) groups excluding carboxylic acids is 1. The van der Waals surface area contributed by atoms with Gasteiger partial charge >= 0.3 is 5.97 Å². The van der Waals surface area contributed by atoms with Crippen LogP contribution in [0.25, 0.3) is 10.8 Å². The molecule has 3 aromatic rings. The molecular weight excluding hydrogens is 406 g/mol. The molecule has 0 bridgehead atoms. The first-order valence-corrected chi connectivity index (χ1v) is 10.2. The van der Waals surface area contributed by atoms with E-state index in [1.807, 2.05) is 54.6 Å². The normalized spacial score (nSPS) is 10.3. The van der Waals surface area contributed by atoms with Crippen LogP contribution in [0.2, 0.25) is 0 Å². The summed E-state index contributed by atoms with van der Waals surface area (Å²) >= 11 is 4.73. The topological polar surface area (TPSA) is 47.9 Å². The van der Waals surface area contributed by atoms with Crippen LogP contribution in [0, 0.1) is 11.8 Å². The van der Waals surface area contributed by atoms with Gasteiger partial charge in [0.15, 0.2) is 0 Å². The Morgan fingerprint density at radius 2 is 1.68 bits per heavy atom. The first-order chi connectivity index (χ1) is 15.2. The highest BCUT2D eigenvalue weighted by atomic mass is 32.1. The van der Waals surface area contributed by atoms with Gasteiger partial charge in [0.25, 0.3) is 0 Å². The summed E-state index contributed by atoms with van der Waals surface area (Å²) in [7, 11) is 0. The smallest absolute Gasteiger partial charge is 0.330 e. The highest BCUT2D eigenvalue weighted by Gasteiger charge is 2.00. The molecule has 0 aromatic heterocycles. The predicted octanol–water partition coefficient (Wildman–Crippen LogP) is 5.44. The van der Waals surface area contributed by atoms with E-state index >= 15 is 0 Å². The number of hydrogen-bond acceptors (Lipinski definition) is 5. The minimum absolute atomic E-state index is 0.309. The molecule has 0 heterocycles. The van der Waals surface area contributed by atoms with E-state index in [0.717, 1.165) is 39.4 Å². The second-order valence-electron chi connectivity index (χ2n) is 6.51. The predicted molar refractivity (Wildman–Crippen MR) is 129 cm³/mol. The van der Waals surface area contributed by atoms with Crippen LogP contribution in [0.4, 0.5) is 5.69 Å². The zero-order chi connectivity index (χ0) is 21.9. The molecule has 0 saturated carbocycles. The maximum Gasteiger partial charge on any atom is 0.330 e. The number of aliphatic imine (C=N–C) groups is 1. The van der Waals surface area contributed by atoms with Gasteiger partial charge in [-0.1, -0.05) is 42.8 Å². The molecule has 0 radical (unpaired) electrons. The van der Waals surface area contributed by atoms with Crippen molar-refractivity contribution >= 4 is 46.2 Å². The lowest BCUT2D eigenvalue weighted by molar-refractivity contribution is -0.137. The number of hydrogen-bond donors (Lipinski definition) is 0. The minimum atomic E-state index is -0.419. The Kier molecular flexibility index (Phi) is 8.10. The number of ether oxygens (including phenoxy) is 2. The van der Waals surface area contributed by atoms with E-state index in [4.69, 9.17) is 21.7 Å². The van der Waals surface area contributed by atoms with Gasteiger partial charge in [-0.15, -0.1) is 0 Å². The Labute approximate surface area is 187 Å². The van der Waals surface area contributed by atoms with E-state index < -0.39 is 5.97 Å². The molecular formula is C26H21NO3S. The van der Waals surface area contributed by atoms with Crippen LogP contribution in [0.3, 0.4) is 0 Å². The molecule has 0 amide bonds. The van der Waals surface area contributed by atoms with Crippen LogP contribution < -0.4 is 4.74 Å². The Morgan fingerprint density at radius 3 is 2.45 bits per heavy atom. The lowest BCUT2D eigenvalue weighted by Gasteiger charge is -2.08. The van der Waals surface area contributed by atoms with Crippen molar-refractivity contribution in [3.8, 4) is 17.6 Å². The molecule has 3 aromatic carbocycles. The molecule has 3 rings (SSSR count). The summed E-state index contributed by atoms with van der Waals surface area (Å²) in [6.45, 7) is 4.14. The van der Waals surface area contributed by atoms with Gasteiger partial charge in [0.2, 0.25) is 0 Å². The number of benzene rings is 3. The van der Waals surface area contributed by atoms with E-state index in [1.165, 1.54) is 5.37 Å². The Morgan fingerprint density at radius 1 is 0.968 bits per heavy atom. The average Bonchev–Trinajstić information content (AvgIpc) is 2.81. The molecule has 0 N–H and O–H groups in total. The first kappa shape index (κ1) is 21.9. The van der Waals surface area contributed by atoms with Crippen LogP contribution in [0.5, 0.6) is 5.75 Å². The van der Waals surface area contributed by atoms with Crippen molar-refractivity contribution < 1.29 is 14.3 Å². The van der Waals surface area contributed by atoms with Crippen molar-refractivity contribution in [2.75, 3.05) is 13.2 Å². The van der Waals surface area contributed by atoms with Crippen molar-refractivity contribution in [3.63, 3.8) is 0 Å². The molecule has 31 heavy (non-hydrogen) atoms. The largest absolute Gasteiger partial charge is 0.493 e. The molecule has 0 spiro atoms. The van der Waals surface area contributed by atoms with Gasteiger partial charge < -0.3 is 9.47 Å². The fraction of sp³-hybridized carbons (Fsp3) is 0.115. The molecule has 5 heteroatoms. The lowest BCUT2D eigenvalue weighted by atomic mass is 10.1. The molecule has 0 atom stereocenters. The van der Waals surface area contributed by atoms with Gasteiger partial charge in [-0.2, -0.15) is 0 Å². The van der Waals surface area contributed by atoms with Crippen LogP contribution in [-0.4, -0.2) is 30.8 Å². The standard InChI is InChI=1S/C26H21NO3S/c1-2-26(28)30-16-3-15-29-25-13-10-22-18-21(6-9-23(22)19-25)5-4-20-7-11-24(12-8-20)27-14-17-31/h2,6-14,17-19H,1,3,15-16H2. The molecule has 0 aliphatic carbocycles. The third-order valence-electron chi connectivity index (χ3n) is 4.28. The summed E-state index contributed by atoms with van der Waals surface area (Å²) in [6.07, 6.45) is 3.35. The summed E-state index contributed by atoms with van der Waals surface area (Å²) in [5, 5.41) is 3.64. The number of thiocarbonyl (C=S) groups is 1. The van der Waals surface area contributed by atoms with Crippen LogP contribution in [0.1, 0.15) is 17.5 Å². The summed E-state index contributed by atoms with van der Waals surface area (Å²) in [4.78, 5) is 15.2. The number of rotatable bonds is 8. The van der Waals surface area contributed by atoms with Crippen LogP contribution in [-0.2, 0) is 9.53 Å². The number of nitrogens with zero attached hydrogens (tertiary/aromatic N) is 1. The highest BCUT2D eigenvalue weighted by Crippen LogP contribution is 2.22. The maximum absolute atomic E-state index is 11.0. The second kappa shape index (κ2) is 11.4. The molecule has 154 valence electrons. The summed E-state index contributed by atoms with van der Waals surface area (Å²) in [5.74, 6) is 6.73. The Hall–Kier alpha value is -3.75. The molecule has 0 unspecified atom stereocenters. The fourth-order valence-electron chi connectivity index (χ4n) is 2.76. The zero-order valence-electron chi connectivity index (χ0n) is 16.9. The van der Waals surface area contributed by atoms with E-state index in [9.17, 15) is 4.79 Å². The summed E-state index contributed by atoms with van der Waals surface area (Å²) in [5.41, 5.74) is 2.70. The molecule has 0 saturated heterocycles. The summed E-state index contributed by atoms with van der Waals surface area (Å²) in [6, 6.07) is 19.7. The first-order valence-electron chi connectivity index (χ1n) is 9.73. The minimum Gasteiger partial charge on any atom is -0.493 e. The summed E-state index contributed by atoms with van der Waals surface area (Å²) < 4.78 is 10.7. The maximum atomic E-state index is 11.0. The van der Waals surface area contributed by atoms with Crippen molar-refractivity contribution in [1.29, 1.82) is 0 Å². The van der Waals surface area contributed by atoms with Gasteiger partial charge in [0.05, 0.1) is 18.9 Å². The van der Waals surface area contributed by atoms with Crippen molar-refractivity contribution in [2.24, 2.45) is 4.99 Å². The SMILES string of the molecule is C=CC(=O)OCCCOc1ccc2cc(C#Cc3ccc(N=CC=S)cc3)ccc2c1. The monoisotopic (exact) mass is 427 g/mol. The molecule has 4 nitrogen and oxygen atoms in total. The van der Waals surface area contributed by atoms with Gasteiger partial charge in [0.1, 0.15) is 5.75 Å². The molecule has 0 aliphatic heterocycles. The average molecular weight is 428 g/mol. The Bertz CT molecular complexity index is 1170. The fourth-order valence-corrected chi connectivity index (χ4v) is 2.82. The third-order valence-corrected chi connectivity index (χ3v) is 4.40. The molecule has 0 aliphatic rings. The van der Waals surface area contributed by atoms with E-state index in [0.29, 0.717) is 19.6 Å². The second-order valence-corrected chi connectivity index (χ2v) is 6.78. The number of esters is 1. The molecule has 0 fully saturated rings. The quantitative estimate of drug-likeness (QED) is 0.120. The van der Waals surface area contributed by atoms with Gasteiger partial charge in [-0.05, 0) is 59.3 Å². The van der Waals surface area contributed by atoms with E-state index in [2.05, 4.69) is 29.5 Å². The number of fused-ring (bicyclic) bond motifs is 1. The zero-order valence-corrected chi connectivity index (χ0v) is 17.7. The van der Waals surface area contributed by atoms with Crippen LogP contribution >= 0.6 is 12.2 Å². The Balaban J connectivity index is 1.61. The third kappa shape index (κ3) is 6.91. The lowest BCUT2D eigenvalue weighted by Crippen LogP contribution is -2.06. The van der Waals surface area contributed by atoms with Crippen molar-refractivity contribution in [3.05, 3.63) is 84.4 Å². The van der Waals surface area contributed by atoms with Crippen molar-refractivity contribution in [1.82, 2.24) is 0 Å². The van der Waals surface area contributed by atoms with Gasteiger partial charge in [-0.25, -0.2) is 4.79 Å². The van der Waals surface area contributed by atoms with Gasteiger partial charge in [0, 0.05) is 35.2 Å². The van der Waals surface area contributed by atoms with E-state index in [1.54, 1.807) is 6.21 Å². The highest BCUT2D eigenvalue weighted by molar-refractivity contribution is 7.80. The number of carbonyl (C=O) groups is 1.